The number of Topliss-reactive ketones (excluding diaryl/α,β-unsaturated/α-hetero) is 1. The van der Waals surface area contributed by atoms with E-state index in [1.165, 1.54) is 30.9 Å². The molecule has 2 atom stereocenters. The highest BCUT2D eigenvalue weighted by Crippen LogP contribution is 2.39. The lowest BCUT2D eigenvalue weighted by Gasteiger charge is -2.26. The Morgan fingerprint density at radius 3 is 2.17 bits per heavy atom. The quantitative estimate of drug-likeness (QED) is 0.205. The monoisotopic (exact) mass is 615 g/mol. The maximum absolute atomic E-state index is 13.8. The number of carboxylic acids is 1. The maximum Gasteiger partial charge on any atom is 0.415 e. The van der Waals surface area contributed by atoms with Gasteiger partial charge in [-0.25, -0.2) is 9.59 Å². The zero-order valence-electron chi connectivity index (χ0n) is 23.4. The molecule has 41 heavy (non-hydrogen) atoms. The number of carboxylic acid groups (broad SMARTS) is 1. The molecular formula is C31H31Cl2NO6S. The highest BCUT2D eigenvalue weighted by molar-refractivity contribution is 7.98. The van der Waals surface area contributed by atoms with Crippen molar-refractivity contribution in [3.63, 3.8) is 0 Å². The number of halogens is 2. The first-order chi connectivity index (χ1) is 19.3. The third kappa shape index (κ3) is 6.83. The number of carbonyl (C=O) groups is 3. The van der Waals surface area contributed by atoms with Crippen LogP contribution in [-0.4, -0.2) is 52.8 Å². The van der Waals surface area contributed by atoms with Gasteiger partial charge in [0.05, 0.1) is 5.02 Å². The molecule has 3 aromatic rings. The molecule has 0 unspecified atom stereocenters. The maximum atomic E-state index is 13.8. The van der Waals surface area contributed by atoms with E-state index < -0.39 is 23.6 Å². The number of ketones is 1. The van der Waals surface area contributed by atoms with Crippen LogP contribution in [0.1, 0.15) is 46.8 Å². The number of rotatable bonds is 8. The number of hydrogen-bond acceptors (Lipinski definition) is 6. The average molecular weight is 617 g/mol. The van der Waals surface area contributed by atoms with Gasteiger partial charge in [-0.15, -0.1) is 11.8 Å². The van der Waals surface area contributed by atoms with E-state index in [-0.39, 0.29) is 35.6 Å². The van der Waals surface area contributed by atoms with Crippen molar-refractivity contribution in [3.05, 3.63) is 86.9 Å². The van der Waals surface area contributed by atoms with Crippen molar-refractivity contribution in [1.29, 1.82) is 0 Å². The van der Waals surface area contributed by atoms with Crippen LogP contribution in [0.4, 0.5) is 4.79 Å². The number of nitrogens with zero attached hydrogens (tertiary/aromatic N) is 1. The number of ether oxygens (including phenoxy) is 2. The Morgan fingerprint density at radius 1 is 0.976 bits per heavy atom. The molecule has 1 saturated heterocycles. The summed E-state index contributed by atoms with van der Waals surface area (Å²) in [6, 6.07) is 15.8. The second kappa shape index (κ2) is 12.3. The molecule has 1 heterocycles. The van der Waals surface area contributed by atoms with Crippen molar-refractivity contribution in [1.82, 2.24) is 4.90 Å². The Balaban J connectivity index is 1.67. The summed E-state index contributed by atoms with van der Waals surface area (Å²) in [4.78, 5) is 41.3. The number of likely N-dealkylation sites (tertiary alicyclic amines) is 1. The van der Waals surface area contributed by atoms with Gasteiger partial charge in [0.1, 0.15) is 5.75 Å². The van der Waals surface area contributed by atoms with Crippen molar-refractivity contribution in [2.24, 2.45) is 5.92 Å². The van der Waals surface area contributed by atoms with Crippen molar-refractivity contribution in [3.8, 4) is 11.5 Å². The SMILES string of the molecule is CSc1ccc(C(=O)[C@H]2CN(C(=O)Oc3ccc(Cl)cc3Cl)C[C@@H]2c2cc(C)c(OC(C)(C)C(=O)O)c(C)c2)cc1. The Kier molecular flexibility index (Phi) is 9.26. The lowest BCUT2D eigenvalue weighted by Crippen LogP contribution is -2.38. The van der Waals surface area contributed by atoms with Crippen LogP contribution in [0.5, 0.6) is 11.5 Å². The number of aryl methyl sites for hydroxylation is 2. The molecule has 0 saturated carbocycles. The van der Waals surface area contributed by atoms with Gasteiger partial charge in [0.2, 0.25) is 0 Å². The van der Waals surface area contributed by atoms with Gasteiger partial charge in [0, 0.05) is 40.4 Å². The smallest absolute Gasteiger partial charge is 0.415 e. The minimum absolute atomic E-state index is 0.0786. The van der Waals surface area contributed by atoms with Gasteiger partial charge in [-0.2, -0.15) is 0 Å². The second-order valence-corrected chi connectivity index (χ2v) is 12.3. The normalized spacial score (nSPS) is 16.9. The molecule has 0 bridgehead atoms. The van der Waals surface area contributed by atoms with Crippen molar-refractivity contribution in [2.45, 2.75) is 44.1 Å². The molecule has 1 aliphatic rings. The van der Waals surface area contributed by atoms with Crippen LogP contribution >= 0.6 is 35.0 Å². The minimum Gasteiger partial charge on any atom is -0.478 e. The van der Waals surface area contributed by atoms with Crippen molar-refractivity contribution >= 4 is 52.8 Å². The van der Waals surface area contributed by atoms with Crippen LogP contribution in [0.25, 0.3) is 0 Å². The Labute approximate surface area is 253 Å². The second-order valence-electron chi connectivity index (χ2n) is 10.6. The molecule has 1 aliphatic heterocycles. The van der Waals surface area contributed by atoms with E-state index in [9.17, 15) is 19.5 Å². The fourth-order valence-electron chi connectivity index (χ4n) is 4.90. The third-order valence-electron chi connectivity index (χ3n) is 7.16. The summed E-state index contributed by atoms with van der Waals surface area (Å²) in [7, 11) is 0. The zero-order chi connectivity index (χ0) is 30.1. The van der Waals surface area contributed by atoms with E-state index in [0.29, 0.717) is 16.3 Å². The number of benzene rings is 3. The van der Waals surface area contributed by atoms with Crippen LogP contribution in [0, 0.1) is 19.8 Å². The van der Waals surface area contributed by atoms with Gasteiger partial charge < -0.3 is 19.5 Å². The van der Waals surface area contributed by atoms with E-state index in [1.807, 2.05) is 44.4 Å². The number of thioether (sulfide) groups is 1. The van der Waals surface area contributed by atoms with Gasteiger partial charge in [0.25, 0.3) is 0 Å². The standard InChI is InChI=1S/C31H31Cl2NO6S/c1-17-12-20(13-18(2)28(17)40-31(3,4)29(36)37)23-15-34(30(38)39-26-11-8-21(32)14-25(26)33)16-24(23)27(35)19-6-9-22(41-5)10-7-19/h6-14,23-24H,15-16H2,1-5H3,(H,36,37)/t23-,24+/m1/s1. The lowest BCUT2D eigenvalue weighted by atomic mass is 9.82. The zero-order valence-corrected chi connectivity index (χ0v) is 25.7. The first-order valence-electron chi connectivity index (χ1n) is 12.9. The molecular weight excluding hydrogens is 585 g/mol. The summed E-state index contributed by atoms with van der Waals surface area (Å²) in [6.07, 6.45) is 1.35. The van der Waals surface area contributed by atoms with Crippen LogP contribution in [0.2, 0.25) is 10.0 Å². The van der Waals surface area contributed by atoms with Gasteiger partial charge in [-0.3, -0.25) is 4.79 Å². The molecule has 0 aliphatic carbocycles. The van der Waals surface area contributed by atoms with Gasteiger partial charge >= 0.3 is 12.1 Å². The summed E-state index contributed by atoms with van der Waals surface area (Å²) in [5.41, 5.74) is 1.46. The number of amides is 1. The third-order valence-corrected chi connectivity index (χ3v) is 8.44. The average Bonchev–Trinajstić information content (AvgIpc) is 3.37. The molecule has 4 rings (SSSR count). The number of aliphatic carboxylic acids is 1. The molecule has 3 aromatic carbocycles. The number of hydrogen-bond donors (Lipinski definition) is 1. The number of carbonyl (C=O) groups excluding carboxylic acids is 2. The van der Waals surface area contributed by atoms with Gasteiger partial charge in [0.15, 0.2) is 17.1 Å². The molecule has 7 nitrogen and oxygen atoms in total. The summed E-state index contributed by atoms with van der Waals surface area (Å²) >= 11 is 13.8. The van der Waals surface area contributed by atoms with E-state index in [2.05, 4.69) is 0 Å². The Hall–Kier alpha value is -3.20. The van der Waals surface area contributed by atoms with Crippen LogP contribution in [0.15, 0.2) is 59.5 Å². The fourth-order valence-corrected chi connectivity index (χ4v) is 5.76. The van der Waals surface area contributed by atoms with E-state index in [4.69, 9.17) is 32.7 Å². The molecule has 1 fully saturated rings. The lowest BCUT2D eigenvalue weighted by molar-refractivity contribution is -0.152. The molecule has 0 radical (unpaired) electrons. The predicted octanol–water partition coefficient (Wildman–Crippen LogP) is 7.67. The predicted molar refractivity (Wildman–Crippen MR) is 161 cm³/mol. The van der Waals surface area contributed by atoms with E-state index in [0.717, 1.165) is 21.6 Å². The summed E-state index contributed by atoms with van der Waals surface area (Å²) in [5.74, 6) is -1.38. The van der Waals surface area contributed by atoms with Crippen LogP contribution in [-0.2, 0) is 4.79 Å². The molecule has 216 valence electrons. The van der Waals surface area contributed by atoms with Crippen LogP contribution in [0.3, 0.4) is 0 Å². The van der Waals surface area contributed by atoms with E-state index in [1.54, 1.807) is 30.0 Å². The summed E-state index contributed by atoms with van der Waals surface area (Å²) in [5, 5.41) is 10.2. The highest BCUT2D eigenvalue weighted by atomic mass is 35.5. The molecule has 0 spiro atoms. The Morgan fingerprint density at radius 2 is 1.61 bits per heavy atom. The minimum atomic E-state index is -1.42. The summed E-state index contributed by atoms with van der Waals surface area (Å²) < 4.78 is 11.5. The van der Waals surface area contributed by atoms with Gasteiger partial charge in [-0.1, -0.05) is 47.5 Å². The molecule has 1 N–H and O–H groups in total. The van der Waals surface area contributed by atoms with Crippen molar-refractivity contribution in [2.75, 3.05) is 19.3 Å². The molecule has 1 amide bonds. The Bertz CT molecular complexity index is 1470. The fraction of sp³-hybridized carbons (Fsp3) is 0.323. The highest BCUT2D eigenvalue weighted by Gasteiger charge is 2.42. The molecule has 0 aromatic heterocycles. The summed E-state index contributed by atoms with van der Waals surface area (Å²) in [6.45, 7) is 7.05. The van der Waals surface area contributed by atoms with Crippen molar-refractivity contribution < 1.29 is 29.0 Å². The largest absolute Gasteiger partial charge is 0.478 e. The van der Waals surface area contributed by atoms with E-state index >= 15 is 0 Å². The molecule has 10 heteroatoms. The van der Waals surface area contributed by atoms with Crippen LogP contribution < -0.4 is 9.47 Å². The first-order valence-corrected chi connectivity index (χ1v) is 14.9. The topological polar surface area (TPSA) is 93.1 Å². The van der Waals surface area contributed by atoms with Gasteiger partial charge in [-0.05, 0) is 81.0 Å². The first kappa shape index (κ1) is 30.8.